The van der Waals surface area contributed by atoms with Crippen molar-refractivity contribution in [3.8, 4) is 0 Å². The van der Waals surface area contributed by atoms with Crippen molar-refractivity contribution >= 4 is 29.7 Å². The van der Waals surface area contributed by atoms with Crippen molar-refractivity contribution in [2.24, 2.45) is 4.99 Å². The van der Waals surface area contributed by atoms with Crippen molar-refractivity contribution < 1.29 is 9.59 Å². The van der Waals surface area contributed by atoms with E-state index in [0.717, 1.165) is 23.7 Å². The Bertz CT molecular complexity index is 995. The molecule has 2 atom stereocenters. The number of likely N-dealkylation sites (N-methyl/N-ethyl adjacent to an activating group) is 1. The van der Waals surface area contributed by atoms with Gasteiger partial charge in [0, 0.05) is 32.1 Å². The lowest BCUT2D eigenvalue weighted by molar-refractivity contribution is -0.127. The molecule has 2 unspecified atom stereocenters. The zero-order valence-corrected chi connectivity index (χ0v) is 19.5. The van der Waals surface area contributed by atoms with E-state index in [2.05, 4.69) is 58.4 Å². The minimum atomic E-state index is -0.505. The van der Waals surface area contributed by atoms with Crippen LogP contribution in [0.15, 0.2) is 64.5 Å². The van der Waals surface area contributed by atoms with Crippen LogP contribution in [-0.2, 0) is 11.3 Å². The van der Waals surface area contributed by atoms with E-state index in [-0.39, 0.29) is 5.91 Å². The first-order valence-corrected chi connectivity index (χ1v) is 11.8. The van der Waals surface area contributed by atoms with Gasteiger partial charge in [-0.05, 0) is 36.8 Å². The Labute approximate surface area is 193 Å². The molecule has 8 heteroatoms. The predicted molar refractivity (Wildman–Crippen MR) is 127 cm³/mol. The van der Waals surface area contributed by atoms with Gasteiger partial charge >= 0.3 is 6.03 Å². The van der Waals surface area contributed by atoms with Gasteiger partial charge in [0.1, 0.15) is 0 Å². The number of aliphatic imine (C=N–C) groups is 1. The van der Waals surface area contributed by atoms with Crippen LogP contribution in [0.25, 0.3) is 0 Å². The van der Waals surface area contributed by atoms with Gasteiger partial charge < -0.3 is 14.7 Å². The summed E-state index contributed by atoms with van der Waals surface area (Å²) < 4.78 is 0. The second kappa shape index (κ2) is 9.65. The van der Waals surface area contributed by atoms with Gasteiger partial charge in [0.25, 0.3) is 5.91 Å². The average molecular weight is 452 g/mol. The van der Waals surface area contributed by atoms with E-state index in [9.17, 15) is 9.59 Å². The van der Waals surface area contributed by atoms with Crippen molar-refractivity contribution in [1.29, 1.82) is 0 Å². The van der Waals surface area contributed by atoms with E-state index in [0.29, 0.717) is 13.1 Å². The van der Waals surface area contributed by atoms with Gasteiger partial charge in [-0.15, -0.1) is 11.8 Å². The lowest BCUT2D eigenvalue weighted by atomic mass is 10.1. The lowest BCUT2D eigenvalue weighted by Gasteiger charge is -2.37. The molecule has 2 aliphatic heterocycles. The van der Waals surface area contributed by atoms with E-state index < -0.39 is 18.2 Å². The number of carbonyl (C=O) groups is 2. The number of guanidine groups is 1. The number of benzene rings is 2. The second-order valence-electron chi connectivity index (χ2n) is 8.24. The van der Waals surface area contributed by atoms with Gasteiger partial charge in [-0.1, -0.05) is 48.0 Å². The quantitative estimate of drug-likeness (QED) is 0.517. The molecular weight excluding hydrogens is 422 g/mol. The van der Waals surface area contributed by atoms with Gasteiger partial charge in [0.05, 0.1) is 0 Å². The van der Waals surface area contributed by atoms with E-state index in [4.69, 9.17) is 4.99 Å². The maximum absolute atomic E-state index is 12.8. The number of imide groups is 1. The zero-order valence-electron chi connectivity index (χ0n) is 18.7. The van der Waals surface area contributed by atoms with E-state index in [1.165, 1.54) is 15.4 Å². The Kier molecular flexibility index (Phi) is 6.69. The van der Waals surface area contributed by atoms with Crippen LogP contribution < -0.4 is 5.32 Å². The highest BCUT2D eigenvalue weighted by Gasteiger charge is 2.49. The number of nitrogens with one attached hydrogen (secondary N) is 1. The maximum Gasteiger partial charge on any atom is 0.325 e. The Balaban J connectivity index is 1.47. The first-order chi connectivity index (χ1) is 15.4. The fraction of sp³-hybridized carbons (Fsp3) is 0.375. The molecule has 32 heavy (non-hydrogen) atoms. The maximum atomic E-state index is 12.8. The van der Waals surface area contributed by atoms with Crippen LogP contribution in [-0.4, -0.2) is 71.2 Å². The van der Waals surface area contributed by atoms with Crippen molar-refractivity contribution in [3.05, 3.63) is 65.7 Å². The first kappa shape index (κ1) is 22.2. The Morgan fingerprint density at radius 1 is 1.09 bits per heavy atom. The van der Waals surface area contributed by atoms with E-state index in [1.54, 1.807) is 7.05 Å². The molecule has 2 aliphatic rings. The molecule has 0 aromatic heterocycles. The highest BCUT2D eigenvalue weighted by atomic mass is 32.2. The summed E-state index contributed by atoms with van der Waals surface area (Å²) in [5.74, 6) is 1.40. The molecule has 2 heterocycles. The van der Waals surface area contributed by atoms with Crippen molar-refractivity contribution in [2.45, 2.75) is 37.0 Å². The molecule has 0 saturated carbocycles. The van der Waals surface area contributed by atoms with Crippen LogP contribution in [0.3, 0.4) is 0 Å². The number of nitrogens with zero attached hydrogens (tertiary/aromatic N) is 4. The average Bonchev–Trinajstić information content (AvgIpc) is 3.17. The van der Waals surface area contributed by atoms with Gasteiger partial charge in [0.15, 0.2) is 18.2 Å². The molecule has 168 valence electrons. The third-order valence-corrected chi connectivity index (χ3v) is 6.87. The van der Waals surface area contributed by atoms with Crippen LogP contribution in [0, 0.1) is 6.92 Å². The van der Waals surface area contributed by atoms with Gasteiger partial charge in [-0.3, -0.25) is 10.1 Å². The molecule has 4 rings (SSSR count). The number of aryl methyl sites for hydroxylation is 1. The minimum absolute atomic E-state index is 0.281. The highest BCUT2D eigenvalue weighted by molar-refractivity contribution is 7.99. The molecule has 2 aromatic rings. The molecule has 7 nitrogen and oxygen atoms in total. The molecule has 0 spiro atoms. The molecular formula is C24H29N5O2S. The monoisotopic (exact) mass is 451 g/mol. The normalized spacial score (nSPS) is 20.2. The third kappa shape index (κ3) is 4.75. The number of urea groups is 1. The van der Waals surface area contributed by atoms with Gasteiger partial charge in [0.2, 0.25) is 0 Å². The topological polar surface area (TPSA) is 68.2 Å². The van der Waals surface area contributed by atoms with Gasteiger partial charge in [-0.25, -0.2) is 9.79 Å². The van der Waals surface area contributed by atoms with Crippen molar-refractivity contribution in [1.82, 2.24) is 20.0 Å². The summed E-state index contributed by atoms with van der Waals surface area (Å²) >= 11 is 1.81. The largest absolute Gasteiger partial charge is 0.341 e. The predicted octanol–water partition coefficient (Wildman–Crippen LogP) is 3.16. The minimum Gasteiger partial charge on any atom is -0.341 e. The number of thioether (sulfide) groups is 1. The second-order valence-corrected chi connectivity index (χ2v) is 9.41. The zero-order chi connectivity index (χ0) is 22.7. The van der Waals surface area contributed by atoms with Crippen molar-refractivity contribution in [3.63, 3.8) is 0 Å². The molecule has 1 N–H and O–H groups in total. The number of carbonyl (C=O) groups excluding carboxylic acids is 2. The molecule has 0 aliphatic carbocycles. The molecule has 3 amide bonds. The Hall–Kier alpha value is -3.00. The van der Waals surface area contributed by atoms with E-state index in [1.807, 2.05) is 37.0 Å². The van der Waals surface area contributed by atoms with Gasteiger partial charge in [-0.2, -0.15) is 0 Å². The van der Waals surface area contributed by atoms with Crippen LogP contribution in [0.5, 0.6) is 0 Å². The summed E-state index contributed by atoms with van der Waals surface area (Å²) in [4.78, 5) is 36.6. The summed E-state index contributed by atoms with van der Waals surface area (Å²) in [6, 6.07) is 17.8. The Morgan fingerprint density at radius 2 is 1.81 bits per heavy atom. The molecule has 0 radical (unpaired) electrons. The lowest BCUT2D eigenvalue weighted by Crippen LogP contribution is -2.64. The van der Waals surface area contributed by atoms with Crippen molar-refractivity contribution in [2.75, 3.05) is 26.4 Å². The molecule has 2 aromatic carbocycles. The summed E-state index contributed by atoms with van der Waals surface area (Å²) in [5.41, 5.74) is 2.41. The standard InChI is InChI=1S/C24H29N5O2S/c1-17-10-12-19(13-11-17)32-15-7-14-29-20-21(28(3)24(31)26-22(20)30)25-23(29)27(2)16-18-8-5-4-6-9-18/h4-6,8-13,20-21H,7,14-16H2,1-3H3,(H,26,30,31). The smallest absolute Gasteiger partial charge is 0.325 e. The van der Waals surface area contributed by atoms with Crippen LogP contribution in [0.1, 0.15) is 17.5 Å². The van der Waals surface area contributed by atoms with Crippen LogP contribution in [0.2, 0.25) is 0 Å². The summed E-state index contributed by atoms with van der Waals surface area (Å²) in [6.45, 7) is 3.45. The fourth-order valence-corrected chi connectivity index (χ4v) is 4.89. The number of hydrogen-bond acceptors (Lipinski definition) is 6. The number of fused-ring (bicyclic) bond motifs is 1. The molecule has 1 fully saturated rings. The van der Waals surface area contributed by atoms with E-state index >= 15 is 0 Å². The number of rotatable bonds is 7. The first-order valence-electron chi connectivity index (χ1n) is 10.8. The Morgan fingerprint density at radius 3 is 2.53 bits per heavy atom. The molecule has 0 bridgehead atoms. The number of amides is 3. The third-order valence-electron chi connectivity index (χ3n) is 5.78. The molecule has 1 saturated heterocycles. The summed E-state index contributed by atoms with van der Waals surface area (Å²) in [5, 5.41) is 2.47. The summed E-state index contributed by atoms with van der Waals surface area (Å²) in [6.07, 6.45) is 0.388. The SMILES string of the molecule is Cc1ccc(SCCCN2C(N(C)Cc3ccccc3)=NC3C2C(=O)NC(=O)N3C)cc1. The number of hydrogen-bond donors (Lipinski definition) is 1. The van der Waals surface area contributed by atoms with Crippen LogP contribution >= 0.6 is 11.8 Å². The fourth-order valence-electron chi connectivity index (χ4n) is 4.06. The van der Waals surface area contributed by atoms with Crippen LogP contribution in [0.4, 0.5) is 4.79 Å². The highest BCUT2D eigenvalue weighted by Crippen LogP contribution is 2.27. The summed E-state index contributed by atoms with van der Waals surface area (Å²) in [7, 11) is 3.67.